The van der Waals surface area contributed by atoms with Crippen LogP contribution in [0.15, 0.2) is 30.6 Å². The summed E-state index contributed by atoms with van der Waals surface area (Å²) in [4.78, 5) is 14.8. The molecule has 3 aliphatic rings. The first-order chi connectivity index (χ1) is 18.2. The van der Waals surface area contributed by atoms with Gasteiger partial charge in [0.2, 0.25) is 10.0 Å². The summed E-state index contributed by atoms with van der Waals surface area (Å²) < 4.78 is 111. The largest absolute Gasteiger partial charge is 0.417 e. The SMILES string of the molecule is O=C1C=C(c2ccc(C3CC3)s2)CC(c2cnn(CCCCCC(F)(F)F)c2)(C(F)(F)F)N1S(=O)(=O)C1CC1. The Bertz CT molecular complexity index is 1370. The molecule has 1 unspecified atom stereocenters. The van der Waals surface area contributed by atoms with Crippen LogP contribution in [0.3, 0.4) is 0 Å². The number of halogens is 6. The molecule has 3 heterocycles. The first kappa shape index (κ1) is 28.2. The first-order valence-electron chi connectivity index (χ1n) is 12.8. The van der Waals surface area contributed by atoms with Gasteiger partial charge in [-0.1, -0.05) is 6.42 Å². The van der Waals surface area contributed by atoms with Crippen LogP contribution < -0.4 is 0 Å². The molecule has 0 saturated heterocycles. The van der Waals surface area contributed by atoms with Crippen molar-refractivity contribution < 1.29 is 39.6 Å². The number of aromatic nitrogens is 2. The molecule has 1 aliphatic heterocycles. The topological polar surface area (TPSA) is 72.3 Å². The summed E-state index contributed by atoms with van der Waals surface area (Å²) in [6.45, 7) is 0.0491. The van der Waals surface area contributed by atoms with Gasteiger partial charge < -0.3 is 0 Å². The number of hydrogen-bond donors (Lipinski definition) is 0. The highest BCUT2D eigenvalue weighted by Crippen LogP contribution is 2.55. The van der Waals surface area contributed by atoms with E-state index in [-0.39, 0.29) is 48.5 Å². The molecule has 0 bridgehead atoms. The van der Waals surface area contributed by atoms with E-state index < -0.39 is 57.5 Å². The summed E-state index contributed by atoms with van der Waals surface area (Å²) >= 11 is 1.31. The summed E-state index contributed by atoms with van der Waals surface area (Å²) in [6.07, 6.45) is -5.60. The number of aryl methyl sites for hydroxylation is 1. The summed E-state index contributed by atoms with van der Waals surface area (Å²) in [5.41, 5.74) is -3.59. The van der Waals surface area contributed by atoms with Crippen LogP contribution in [-0.4, -0.2) is 46.0 Å². The lowest BCUT2D eigenvalue weighted by Crippen LogP contribution is -2.62. The van der Waals surface area contributed by atoms with Crippen molar-refractivity contribution in [3.8, 4) is 0 Å². The van der Waals surface area contributed by atoms with E-state index in [1.807, 2.05) is 6.07 Å². The van der Waals surface area contributed by atoms with Crippen LogP contribution >= 0.6 is 11.3 Å². The molecule has 0 spiro atoms. The maximum absolute atomic E-state index is 15.2. The molecule has 5 rings (SSSR count). The molecule has 14 heteroatoms. The Morgan fingerprint density at radius 1 is 1.03 bits per heavy atom. The van der Waals surface area contributed by atoms with Gasteiger partial charge in [-0.15, -0.1) is 11.3 Å². The third kappa shape index (κ3) is 5.63. The summed E-state index contributed by atoms with van der Waals surface area (Å²) in [7, 11) is -4.63. The van der Waals surface area contributed by atoms with E-state index in [1.165, 1.54) is 11.3 Å². The molecule has 6 nitrogen and oxygen atoms in total. The maximum Gasteiger partial charge on any atom is 0.417 e. The normalized spacial score (nSPS) is 22.9. The Kier molecular flexibility index (Phi) is 7.18. The molecule has 2 aliphatic carbocycles. The Hall–Kier alpha value is -2.35. The van der Waals surface area contributed by atoms with Crippen LogP contribution in [0.2, 0.25) is 0 Å². The Morgan fingerprint density at radius 3 is 2.36 bits per heavy atom. The molecule has 39 heavy (non-hydrogen) atoms. The zero-order valence-corrected chi connectivity index (χ0v) is 22.4. The number of unbranched alkanes of at least 4 members (excludes halogenated alkanes) is 2. The lowest BCUT2D eigenvalue weighted by Gasteiger charge is -2.45. The molecule has 2 saturated carbocycles. The minimum absolute atomic E-state index is 0.0151. The summed E-state index contributed by atoms with van der Waals surface area (Å²) in [5, 5.41) is 2.91. The van der Waals surface area contributed by atoms with E-state index in [0.29, 0.717) is 10.8 Å². The molecule has 2 aromatic rings. The average molecular weight is 596 g/mol. The second-order valence-corrected chi connectivity index (χ2v) is 13.6. The Morgan fingerprint density at radius 2 is 1.74 bits per heavy atom. The second-order valence-electron chi connectivity index (χ2n) is 10.4. The number of alkyl halides is 6. The molecule has 2 aromatic heterocycles. The molecule has 0 aromatic carbocycles. The standard InChI is InChI=1S/C25H27F6N3O3S2/c26-24(27,28)10-2-1-3-11-33-15-18(14-32-33)23(25(29,30)31)13-17(21-9-8-20(38-21)16-4-5-16)12-22(35)34(23)39(36,37)19-6-7-19/h8-9,12,14-16,19H,1-7,10-11,13H2. The number of carbonyl (C=O) groups excluding carboxylic acids is 1. The smallest absolute Gasteiger partial charge is 0.272 e. The van der Waals surface area contributed by atoms with Crippen molar-refractivity contribution >= 4 is 32.8 Å². The van der Waals surface area contributed by atoms with Gasteiger partial charge in [0.1, 0.15) is 0 Å². The van der Waals surface area contributed by atoms with Crippen molar-refractivity contribution in [3.05, 3.63) is 45.9 Å². The molecule has 214 valence electrons. The van der Waals surface area contributed by atoms with E-state index in [1.54, 1.807) is 6.07 Å². The molecule has 2 fully saturated rings. The van der Waals surface area contributed by atoms with E-state index in [0.717, 1.165) is 40.9 Å². The number of carbonyl (C=O) groups is 1. The van der Waals surface area contributed by atoms with Crippen LogP contribution in [0.5, 0.6) is 0 Å². The average Bonchev–Trinajstić information content (AvgIpc) is 3.76. The predicted octanol–water partition coefficient (Wildman–Crippen LogP) is 6.51. The van der Waals surface area contributed by atoms with Gasteiger partial charge in [0.25, 0.3) is 5.91 Å². The van der Waals surface area contributed by atoms with Crippen molar-refractivity contribution in [1.82, 2.24) is 14.1 Å². The summed E-state index contributed by atoms with van der Waals surface area (Å²) in [5.74, 6) is -0.890. The molecular weight excluding hydrogens is 568 g/mol. The van der Waals surface area contributed by atoms with E-state index >= 15 is 13.2 Å². The highest BCUT2D eigenvalue weighted by Gasteiger charge is 2.67. The fourth-order valence-corrected chi connectivity index (χ4v) is 8.23. The third-order valence-corrected chi connectivity index (χ3v) is 11.0. The predicted molar refractivity (Wildman–Crippen MR) is 132 cm³/mol. The number of thiophene rings is 1. The fraction of sp³-hybridized carbons (Fsp3) is 0.600. The highest BCUT2D eigenvalue weighted by atomic mass is 32.2. The number of hydrogen-bond acceptors (Lipinski definition) is 5. The van der Waals surface area contributed by atoms with Gasteiger partial charge in [0, 0.05) is 47.0 Å². The molecular formula is C25H27F6N3O3S2. The number of amides is 1. The number of rotatable bonds is 10. The summed E-state index contributed by atoms with van der Waals surface area (Å²) in [6, 6.07) is 3.51. The van der Waals surface area contributed by atoms with Gasteiger partial charge in [-0.05, 0) is 62.1 Å². The van der Waals surface area contributed by atoms with E-state index in [9.17, 15) is 26.4 Å². The minimum atomic E-state index is -5.18. The fourth-order valence-electron chi connectivity index (χ4n) is 5.00. The van der Waals surface area contributed by atoms with Crippen molar-refractivity contribution in [3.63, 3.8) is 0 Å². The quantitative estimate of drug-likeness (QED) is 0.232. The molecule has 1 atom stereocenters. The lowest BCUT2D eigenvalue weighted by molar-refractivity contribution is -0.221. The first-order valence-corrected chi connectivity index (χ1v) is 15.1. The van der Waals surface area contributed by atoms with Crippen LogP contribution in [-0.2, 0) is 26.9 Å². The van der Waals surface area contributed by atoms with E-state index in [2.05, 4.69) is 5.10 Å². The van der Waals surface area contributed by atoms with Crippen molar-refractivity contribution in [1.29, 1.82) is 0 Å². The molecule has 1 amide bonds. The zero-order chi connectivity index (χ0) is 28.2. The van der Waals surface area contributed by atoms with Crippen LogP contribution in [0.25, 0.3) is 5.57 Å². The van der Waals surface area contributed by atoms with Crippen LogP contribution in [0, 0.1) is 0 Å². The third-order valence-electron chi connectivity index (χ3n) is 7.34. The van der Waals surface area contributed by atoms with Gasteiger partial charge in [-0.25, -0.2) is 12.7 Å². The van der Waals surface area contributed by atoms with Gasteiger partial charge >= 0.3 is 12.4 Å². The lowest BCUT2D eigenvalue weighted by atomic mass is 9.81. The van der Waals surface area contributed by atoms with Crippen LogP contribution in [0.1, 0.15) is 79.0 Å². The van der Waals surface area contributed by atoms with Crippen LogP contribution in [0.4, 0.5) is 26.3 Å². The number of sulfonamides is 1. The minimum Gasteiger partial charge on any atom is -0.272 e. The second kappa shape index (κ2) is 9.93. The number of nitrogens with zero attached hydrogens (tertiary/aromatic N) is 3. The Labute approximate surface area is 225 Å². The van der Waals surface area contributed by atoms with Gasteiger partial charge in [-0.3, -0.25) is 9.48 Å². The zero-order valence-electron chi connectivity index (χ0n) is 20.8. The van der Waals surface area contributed by atoms with Crippen molar-refractivity contribution in [2.24, 2.45) is 0 Å². The van der Waals surface area contributed by atoms with Gasteiger partial charge in [0.15, 0.2) is 5.54 Å². The highest BCUT2D eigenvalue weighted by molar-refractivity contribution is 7.90. The maximum atomic E-state index is 15.2. The van der Waals surface area contributed by atoms with Crippen molar-refractivity contribution in [2.45, 2.75) is 93.4 Å². The van der Waals surface area contributed by atoms with Gasteiger partial charge in [0.05, 0.1) is 11.4 Å². The monoisotopic (exact) mass is 595 g/mol. The molecule has 0 radical (unpaired) electrons. The van der Waals surface area contributed by atoms with Gasteiger partial charge in [-0.2, -0.15) is 31.4 Å². The Balaban J connectivity index is 1.50. The van der Waals surface area contributed by atoms with E-state index in [4.69, 9.17) is 0 Å². The molecule has 0 N–H and O–H groups in total. The van der Waals surface area contributed by atoms with Crippen molar-refractivity contribution in [2.75, 3.05) is 0 Å².